The predicted octanol–water partition coefficient (Wildman–Crippen LogP) is 0.922. The van der Waals surface area contributed by atoms with E-state index in [2.05, 4.69) is 9.97 Å². The van der Waals surface area contributed by atoms with Crippen molar-refractivity contribution in [3.8, 4) is 0 Å². The molecule has 1 aromatic carbocycles. The summed E-state index contributed by atoms with van der Waals surface area (Å²) in [5.74, 6) is -0.883. The molecule has 0 N–H and O–H groups in total. The third-order valence-corrected chi connectivity index (χ3v) is 4.74. The van der Waals surface area contributed by atoms with Crippen LogP contribution in [0.1, 0.15) is 12.4 Å². The fourth-order valence-corrected chi connectivity index (χ4v) is 3.26. The monoisotopic (exact) mass is 418 g/mol. The van der Waals surface area contributed by atoms with Crippen molar-refractivity contribution in [1.82, 2.24) is 28.2 Å². The van der Waals surface area contributed by atoms with E-state index in [1.165, 1.54) is 35.6 Å². The molecule has 0 aliphatic carbocycles. The molecule has 0 atom stereocenters. The van der Waals surface area contributed by atoms with Crippen LogP contribution in [-0.2, 0) is 36.8 Å². The second kappa shape index (κ2) is 7.21. The van der Waals surface area contributed by atoms with Crippen LogP contribution in [0.25, 0.3) is 22.2 Å². The standard InChI is InChI=1S/C18H16F2N6O4/c1-23-15-14(16(28)24(2)18(23)29)25(9-21-15)7-13(27)30-8-12-22-10-5-3-4-6-11(10)26(12)17(19)20/h3-6,9,17H,7-8H2,1-2H3. The predicted molar refractivity (Wildman–Crippen MR) is 101 cm³/mol. The molecule has 0 saturated heterocycles. The van der Waals surface area contributed by atoms with E-state index in [1.54, 1.807) is 18.2 Å². The second-order valence-corrected chi connectivity index (χ2v) is 6.58. The minimum absolute atomic E-state index is 0.0522. The number of hydrogen-bond donors (Lipinski definition) is 0. The van der Waals surface area contributed by atoms with Crippen LogP contribution < -0.4 is 11.2 Å². The number of ether oxygens (including phenoxy) is 1. The Morgan fingerprint density at radius 2 is 1.90 bits per heavy atom. The number of aryl methyl sites for hydroxylation is 1. The van der Waals surface area contributed by atoms with Gasteiger partial charge in [-0.15, -0.1) is 0 Å². The van der Waals surface area contributed by atoms with Crippen LogP contribution in [0.3, 0.4) is 0 Å². The third-order valence-electron chi connectivity index (χ3n) is 4.74. The Hall–Kier alpha value is -3.83. The van der Waals surface area contributed by atoms with Crippen LogP contribution in [-0.4, -0.2) is 34.2 Å². The quantitative estimate of drug-likeness (QED) is 0.447. The Balaban J connectivity index is 1.59. The van der Waals surface area contributed by atoms with Gasteiger partial charge in [0.05, 0.1) is 17.4 Å². The Morgan fingerprint density at radius 3 is 2.63 bits per heavy atom. The molecule has 0 bridgehead atoms. The molecule has 0 radical (unpaired) electrons. The maximum absolute atomic E-state index is 13.5. The summed E-state index contributed by atoms with van der Waals surface area (Å²) in [6.07, 6.45) is 1.24. The van der Waals surface area contributed by atoms with E-state index in [0.29, 0.717) is 10.1 Å². The molecule has 0 aliphatic heterocycles. The SMILES string of the molecule is Cn1c(=O)c2c(ncn2CC(=O)OCc2nc3ccccc3n2C(F)F)n(C)c1=O. The van der Waals surface area contributed by atoms with Crippen LogP contribution in [0.5, 0.6) is 0 Å². The van der Waals surface area contributed by atoms with Crippen LogP contribution in [0.4, 0.5) is 8.78 Å². The summed E-state index contributed by atoms with van der Waals surface area (Å²) in [5, 5.41) is 0. The molecule has 10 nitrogen and oxygen atoms in total. The number of fused-ring (bicyclic) bond motifs is 2. The molecule has 156 valence electrons. The summed E-state index contributed by atoms with van der Waals surface area (Å²) < 4.78 is 36.0. The lowest BCUT2D eigenvalue weighted by Crippen LogP contribution is -2.37. The first-order valence-corrected chi connectivity index (χ1v) is 8.80. The number of rotatable bonds is 5. The zero-order valence-corrected chi connectivity index (χ0v) is 16.0. The summed E-state index contributed by atoms with van der Waals surface area (Å²) in [6.45, 7) is -3.71. The van der Waals surface area contributed by atoms with Gasteiger partial charge in [-0.25, -0.2) is 14.8 Å². The molecular formula is C18H16F2N6O4. The van der Waals surface area contributed by atoms with Gasteiger partial charge in [0.15, 0.2) is 17.0 Å². The maximum Gasteiger partial charge on any atom is 0.332 e. The molecule has 3 aromatic heterocycles. The Morgan fingerprint density at radius 1 is 1.17 bits per heavy atom. The molecule has 0 fully saturated rings. The van der Waals surface area contributed by atoms with Crippen molar-refractivity contribution >= 4 is 28.2 Å². The lowest BCUT2D eigenvalue weighted by molar-refractivity contribution is -0.146. The van der Waals surface area contributed by atoms with Gasteiger partial charge in [-0.1, -0.05) is 12.1 Å². The highest BCUT2D eigenvalue weighted by Crippen LogP contribution is 2.23. The number of alkyl halides is 2. The number of benzene rings is 1. The Labute approximate surface area is 166 Å². The summed E-state index contributed by atoms with van der Waals surface area (Å²) in [6, 6.07) is 6.35. The van der Waals surface area contributed by atoms with Crippen LogP contribution in [0.15, 0.2) is 40.2 Å². The number of carbonyl (C=O) groups excluding carboxylic acids is 1. The summed E-state index contributed by atoms with van der Waals surface area (Å²) >= 11 is 0. The molecule has 30 heavy (non-hydrogen) atoms. The van der Waals surface area contributed by atoms with Crippen molar-refractivity contribution in [2.75, 3.05) is 0 Å². The van der Waals surface area contributed by atoms with Gasteiger partial charge < -0.3 is 9.30 Å². The molecule has 0 unspecified atom stereocenters. The molecule has 0 aliphatic rings. The molecule has 4 rings (SSSR count). The number of imidazole rings is 2. The van der Waals surface area contributed by atoms with Crippen molar-refractivity contribution in [3.05, 3.63) is 57.3 Å². The fourth-order valence-electron chi connectivity index (χ4n) is 3.26. The summed E-state index contributed by atoms with van der Waals surface area (Å²) in [5.41, 5.74) is -0.409. The minimum atomic E-state index is -2.85. The van der Waals surface area contributed by atoms with Gasteiger partial charge in [-0.3, -0.25) is 23.3 Å². The van der Waals surface area contributed by atoms with E-state index in [9.17, 15) is 23.2 Å². The number of halogens is 2. The first kappa shape index (κ1) is 19.5. The van der Waals surface area contributed by atoms with Crippen molar-refractivity contribution in [1.29, 1.82) is 0 Å². The lowest BCUT2D eigenvalue weighted by atomic mass is 10.3. The molecule has 0 spiro atoms. The van der Waals surface area contributed by atoms with Gasteiger partial charge in [0.2, 0.25) is 0 Å². The normalized spacial score (nSPS) is 11.6. The summed E-state index contributed by atoms with van der Waals surface area (Å²) in [7, 11) is 2.77. The molecule has 0 saturated carbocycles. The third kappa shape index (κ3) is 3.06. The van der Waals surface area contributed by atoms with Crippen molar-refractivity contribution in [2.45, 2.75) is 19.7 Å². The van der Waals surface area contributed by atoms with Gasteiger partial charge in [0.25, 0.3) is 5.56 Å². The zero-order valence-electron chi connectivity index (χ0n) is 16.0. The highest BCUT2D eigenvalue weighted by molar-refractivity contribution is 5.77. The molecular weight excluding hydrogens is 402 g/mol. The number of esters is 1. The van der Waals surface area contributed by atoms with Crippen LogP contribution >= 0.6 is 0 Å². The maximum atomic E-state index is 13.5. The molecule has 0 amide bonds. The number of aromatic nitrogens is 6. The smallest absolute Gasteiger partial charge is 0.332 e. The van der Waals surface area contributed by atoms with E-state index < -0.39 is 36.9 Å². The Kier molecular flexibility index (Phi) is 4.68. The van der Waals surface area contributed by atoms with Crippen molar-refractivity contribution in [2.24, 2.45) is 14.1 Å². The lowest BCUT2D eigenvalue weighted by Gasteiger charge is -2.09. The van der Waals surface area contributed by atoms with Gasteiger partial charge in [-0.2, -0.15) is 8.78 Å². The fraction of sp³-hybridized carbons (Fsp3) is 0.278. The first-order chi connectivity index (χ1) is 14.3. The largest absolute Gasteiger partial charge is 0.456 e. The number of hydrogen-bond acceptors (Lipinski definition) is 6. The number of nitrogens with zero attached hydrogens (tertiary/aromatic N) is 6. The van der Waals surface area contributed by atoms with E-state index in [0.717, 1.165) is 4.57 Å². The van der Waals surface area contributed by atoms with Gasteiger partial charge in [0.1, 0.15) is 13.2 Å². The topological polar surface area (TPSA) is 106 Å². The van der Waals surface area contributed by atoms with Crippen LogP contribution in [0, 0.1) is 0 Å². The average Bonchev–Trinajstić information content (AvgIpc) is 3.30. The van der Waals surface area contributed by atoms with E-state index in [1.807, 2.05) is 0 Å². The molecule has 3 heterocycles. The molecule has 4 aromatic rings. The summed E-state index contributed by atoms with van der Waals surface area (Å²) in [4.78, 5) is 44.8. The minimum Gasteiger partial charge on any atom is -0.456 e. The van der Waals surface area contributed by atoms with Gasteiger partial charge in [-0.05, 0) is 12.1 Å². The molecule has 12 heteroatoms. The number of para-hydroxylation sites is 2. The van der Waals surface area contributed by atoms with Gasteiger partial charge in [0, 0.05) is 14.1 Å². The first-order valence-electron chi connectivity index (χ1n) is 8.80. The van der Waals surface area contributed by atoms with E-state index in [4.69, 9.17) is 4.74 Å². The Bertz CT molecular complexity index is 1400. The highest BCUT2D eigenvalue weighted by atomic mass is 19.3. The average molecular weight is 418 g/mol. The van der Waals surface area contributed by atoms with Crippen LogP contribution in [0.2, 0.25) is 0 Å². The number of carbonyl (C=O) groups is 1. The van der Waals surface area contributed by atoms with Crippen molar-refractivity contribution in [3.63, 3.8) is 0 Å². The van der Waals surface area contributed by atoms with E-state index in [-0.39, 0.29) is 22.5 Å². The van der Waals surface area contributed by atoms with Gasteiger partial charge >= 0.3 is 18.2 Å². The van der Waals surface area contributed by atoms with Crippen molar-refractivity contribution < 1.29 is 18.3 Å². The zero-order chi connectivity index (χ0) is 21.6. The highest BCUT2D eigenvalue weighted by Gasteiger charge is 2.20. The van der Waals surface area contributed by atoms with E-state index >= 15 is 0 Å². The second-order valence-electron chi connectivity index (χ2n) is 6.58.